The van der Waals surface area contributed by atoms with Gasteiger partial charge in [0.15, 0.2) is 6.10 Å². The number of ether oxygens (including phenoxy) is 3. The Hall–Kier alpha value is -4.71. The Morgan fingerprint density at radius 3 is 0.744 bits per heavy atom. The predicted molar refractivity (Wildman–Crippen MR) is 357 cm³/mol. The Labute approximate surface area is 506 Å². The molecule has 0 rings (SSSR count). The molecule has 0 aromatic heterocycles. The van der Waals surface area contributed by atoms with E-state index in [2.05, 4.69) is 167 Å². The van der Waals surface area contributed by atoms with Crippen molar-refractivity contribution in [3.63, 3.8) is 0 Å². The number of allylic oxidation sites excluding steroid dienone is 24. The van der Waals surface area contributed by atoms with Crippen molar-refractivity contribution in [2.75, 3.05) is 13.2 Å². The zero-order chi connectivity index (χ0) is 59.2. The molecule has 0 aromatic rings. The third kappa shape index (κ3) is 66.1. The van der Waals surface area contributed by atoms with Crippen molar-refractivity contribution in [1.82, 2.24) is 0 Å². The van der Waals surface area contributed by atoms with Crippen LogP contribution < -0.4 is 0 Å². The molecule has 0 aromatic carbocycles. The van der Waals surface area contributed by atoms with Crippen LogP contribution in [-0.4, -0.2) is 37.2 Å². The van der Waals surface area contributed by atoms with Crippen LogP contribution in [0.2, 0.25) is 0 Å². The molecule has 0 N–H and O–H groups in total. The summed E-state index contributed by atoms with van der Waals surface area (Å²) in [5, 5.41) is 0. The van der Waals surface area contributed by atoms with Crippen molar-refractivity contribution in [3.05, 3.63) is 146 Å². The maximum absolute atomic E-state index is 12.9. The second-order valence-corrected chi connectivity index (χ2v) is 22.0. The van der Waals surface area contributed by atoms with Crippen LogP contribution in [0.5, 0.6) is 0 Å². The van der Waals surface area contributed by atoms with Gasteiger partial charge in [0.2, 0.25) is 0 Å². The van der Waals surface area contributed by atoms with Crippen LogP contribution in [0.4, 0.5) is 0 Å². The number of carbonyl (C=O) groups excluding carboxylic acids is 3. The van der Waals surface area contributed by atoms with Gasteiger partial charge < -0.3 is 14.2 Å². The van der Waals surface area contributed by atoms with E-state index in [1.165, 1.54) is 96.3 Å². The highest BCUT2D eigenvalue weighted by atomic mass is 16.6. The average Bonchev–Trinajstić information content (AvgIpc) is 3.47. The largest absolute Gasteiger partial charge is 0.462 e. The molecule has 0 saturated carbocycles. The molecule has 6 nitrogen and oxygen atoms in total. The van der Waals surface area contributed by atoms with Crippen LogP contribution in [0, 0.1) is 0 Å². The number of hydrogen-bond acceptors (Lipinski definition) is 6. The summed E-state index contributed by atoms with van der Waals surface area (Å²) in [4.78, 5) is 38.4. The van der Waals surface area contributed by atoms with E-state index in [-0.39, 0.29) is 31.1 Å². The van der Waals surface area contributed by atoms with E-state index in [0.717, 1.165) is 161 Å². The van der Waals surface area contributed by atoms with Crippen molar-refractivity contribution in [2.24, 2.45) is 0 Å². The normalized spacial score (nSPS) is 13.1. The highest BCUT2D eigenvalue weighted by Gasteiger charge is 2.19. The van der Waals surface area contributed by atoms with Gasteiger partial charge in [-0.25, -0.2) is 0 Å². The van der Waals surface area contributed by atoms with Gasteiger partial charge in [-0.1, -0.05) is 289 Å². The van der Waals surface area contributed by atoms with Gasteiger partial charge in [0.05, 0.1) is 0 Å². The van der Waals surface area contributed by atoms with Crippen molar-refractivity contribution in [3.8, 4) is 0 Å². The minimum absolute atomic E-state index is 0.0971. The summed E-state index contributed by atoms with van der Waals surface area (Å²) >= 11 is 0. The van der Waals surface area contributed by atoms with Crippen molar-refractivity contribution < 1.29 is 28.6 Å². The second-order valence-electron chi connectivity index (χ2n) is 22.0. The molecule has 0 saturated heterocycles. The van der Waals surface area contributed by atoms with Crippen molar-refractivity contribution in [1.29, 1.82) is 0 Å². The summed E-state index contributed by atoms with van der Waals surface area (Å²) < 4.78 is 16.9. The summed E-state index contributed by atoms with van der Waals surface area (Å²) in [7, 11) is 0. The van der Waals surface area contributed by atoms with Gasteiger partial charge in [0, 0.05) is 19.3 Å². The number of hydrogen-bond donors (Lipinski definition) is 0. The zero-order valence-corrected chi connectivity index (χ0v) is 53.2. The first-order valence-corrected chi connectivity index (χ1v) is 33.8. The van der Waals surface area contributed by atoms with E-state index in [0.29, 0.717) is 19.3 Å². The van der Waals surface area contributed by atoms with E-state index in [1.54, 1.807) is 0 Å². The highest BCUT2D eigenvalue weighted by molar-refractivity contribution is 5.71. The minimum atomic E-state index is -0.805. The third-order valence-corrected chi connectivity index (χ3v) is 14.1. The predicted octanol–water partition coefficient (Wildman–Crippen LogP) is 23.5. The molecule has 1 unspecified atom stereocenters. The second kappa shape index (κ2) is 68.8. The fraction of sp³-hybridized carbons (Fsp3) is 0.645. The van der Waals surface area contributed by atoms with E-state index in [9.17, 15) is 14.4 Å². The Morgan fingerprint density at radius 2 is 0.476 bits per heavy atom. The fourth-order valence-electron chi connectivity index (χ4n) is 9.04. The van der Waals surface area contributed by atoms with Gasteiger partial charge >= 0.3 is 17.9 Å². The molecule has 0 fully saturated rings. The average molecular weight is 1130 g/mol. The monoisotopic (exact) mass is 1130 g/mol. The number of rotatable bonds is 60. The standard InChI is InChI=1S/C76H124O6/c1-4-7-10-13-16-19-22-25-28-30-32-34-36-37-38-39-41-42-44-46-48-51-54-57-60-63-66-69-75(78)81-72-73(71-80-74(77)68-65-62-59-56-53-50-27-24-21-18-15-12-9-6-3)82-76(79)70-67-64-61-58-55-52-49-47-45-43-40-35-33-31-29-26-23-20-17-14-11-8-5-2/h7-8,10-11,15-20,24-29,32-35,43,45,49,52,73H,4-6,9,12-14,21-23,30-31,36-42,44,46-48,50-51,53-72H2,1-3H3/b10-7-,11-8-,18-15-,19-16-,20-17-,27-24-,28-25-,29-26-,34-32-,35-33-,45-43-,52-49-. The Kier molecular flexibility index (Phi) is 64.8. The lowest BCUT2D eigenvalue weighted by atomic mass is 10.0. The zero-order valence-electron chi connectivity index (χ0n) is 53.2. The molecule has 0 aliphatic rings. The van der Waals surface area contributed by atoms with Crippen LogP contribution in [0.1, 0.15) is 297 Å². The maximum Gasteiger partial charge on any atom is 0.306 e. The van der Waals surface area contributed by atoms with Gasteiger partial charge in [-0.3, -0.25) is 14.4 Å². The summed E-state index contributed by atoms with van der Waals surface area (Å²) in [6.45, 7) is 6.35. The van der Waals surface area contributed by atoms with Gasteiger partial charge in [-0.15, -0.1) is 0 Å². The minimum Gasteiger partial charge on any atom is -0.462 e. The molecule has 0 aliphatic carbocycles. The Bertz CT molecular complexity index is 1780. The molecule has 0 heterocycles. The fourth-order valence-corrected chi connectivity index (χ4v) is 9.04. The van der Waals surface area contributed by atoms with E-state index < -0.39 is 6.10 Å². The van der Waals surface area contributed by atoms with Crippen LogP contribution in [-0.2, 0) is 28.6 Å². The molecule has 0 aliphatic heterocycles. The van der Waals surface area contributed by atoms with Crippen LogP contribution in [0.25, 0.3) is 0 Å². The first-order valence-electron chi connectivity index (χ1n) is 33.8. The number of carbonyl (C=O) groups is 3. The number of unbranched alkanes of at least 4 members (excludes halogenated alkanes) is 25. The van der Waals surface area contributed by atoms with Gasteiger partial charge in [-0.2, -0.15) is 0 Å². The lowest BCUT2D eigenvalue weighted by molar-refractivity contribution is -0.167. The molecule has 1 atom stereocenters. The maximum atomic E-state index is 12.9. The van der Waals surface area contributed by atoms with Gasteiger partial charge in [0.1, 0.15) is 13.2 Å². The smallest absolute Gasteiger partial charge is 0.306 e. The summed E-state index contributed by atoms with van der Waals surface area (Å²) in [5.74, 6) is -0.934. The third-order valence-electron chi connectivity index (χ3n) is 14.1. The van der Waals surface area contributed by atoms with Crippen molar-refractivity contribution in [2.45, 2.75) is 303 Å². The van der Waals surface area contributed by atoms with E-state index >= 15 is 0 Å². The van der Waals surface area contributed by atoms with Gasteiger partial charge in [0.25, 0.3) is 0 Å². The van der Waals surface area contributed by atoms with Crippen LogP contribution in [0.3, 0.4) is 0 Å². The van der Waals surface area contributed by atoms with Crippen LogP contribution >= 0.6 is 0 Å². The molecule has 0 amide bonds. The molecular formula is C76H124O6. The molecule has 0 radical (unpaired) electrons. The summed E-state index contributed by atoms with van der Waals surface area (Å²) in [6, 6.07) is 0. The van der Waals surface area contributed by atoms with Crippen molar-refractivity contribution >= 4 is 17.9 Å². The van der Waals surface area contributed by atoms with E-state index in [4.69, 9.17) is 14.2 Å². The molecular weight excluding hydrogens is 1010 g/mol. The lowest BCUT2D eigenvalue weighted by Gasteiger charge is -2.18. The van der Waals surface area contributed by atoms with Gasteiger partial charge in [-0.05, 0) is 135 Å². The van der Waals surface area contributed by atoms with E-state index in [1.807, 2.05) is 0 Å². The topological polar surface area (TPSA) is 78.9 Å². The highest BCUT2D eigenvalue weighted by Crippen LogP contribution is 2.16. The summed E-state index contributed by atoms with van der Waals surface area (Å²) in [5.41, 5.74) is 0. The first-order chi connectivity index (χ1) is 40.5. The summed E-state index contributed by atoms with van der Waals surface area (Å²) in [6.07, 6.45) is 98.6. The molecule has 0 spiro atoms. The molecule has 464 valence electrons. The Balaban J connectivity index is 4.38. The first kappa shape index (κ1) is 77.3. The molecule has 82 heavy (non-hydrogen) atoms. The number of esters is 3. The Morgan fingerprint density at radius 1 is 0.256 bits per heavy atom. The molecule has 6 heteroatoms. The molecule has 0 bridgehead atoms. The lowest BCUT2D eigenvalue weighted by Crippen LogP contribution is -2.30. The van der Waals surface area contributed by atoms with Crippen LogP contribution in [0.15, 0.2) is 146 Å². The quantitative estimate of drug-likeness (QED) is 0.0261. The SMILES string of the molecule is CC/C=C\C/C=C\C/C=C\C/C=C\C/C=C\C/C=C\CCCCCCC(=O)OC(COC(=O)CCCCCCC/C=C\C/C=C\CCCC)COC(=O)CCCCCCCCCCCCCCCC/C=C\C/C=C\C/C=C\C/C=C\CC.